The topological polar surface area (TPSA) is 88.3 Å². The molecule has 2 heterocycles. The highest BCUT2D eigenvalue weighted by Crippen LogP contribution is 2.35. The number of halogens is 3. The minimum Gasteiger partial charge on any atom is -0.431 e. The van der Waals surface area contributed by atoms with Gasteiger partial charge in [0.1, 0.15) is 5.82 Å². The van der Waals surface area contributed by atoms with Crippen LogP contribution in [-0.2, 0) is 11.0 Å². The number of hydrogen-bond acceptors (Lipinski definition) is 5. The normalized spacial score (nSPS) is 11.2. The van der Waals surface area contributed by atoms with Gasteiger partial charge in [-0.2, -0.15) is 13.2 Å². The van der Waals surface area contributed by atoms with E-state index in [1.807, 2.05) is 0 Å². The number of rotatable bonds is 5. The third-order valence-corrected chi connectivity index (χ3v) is 4.15. The lowest BCUT2D eigenvalue weighted by molar-refractivity contribution is -0.153. The molecular weight excluding hydrogens is 401 g/mol. The molecule has 0 aliphatic carbocycles. The van der Waals surface area contributed by atoms with Crippen LogP contribution in [0.4, 0.5) is 24.7 Å². The first-order chi connectivity index (χ1) is 14.2. The molecule has 0 saturated heterocycles. The number of anilines is 2. The second kappa shape index (κ2) is 8.36. The van der Waals surface area contributed by atoms with Crippen LogP contribution in [0.3, 0.4) is 0 Å². The molecule has 0 radical (unpaired) electrons. The lowest BCUT2D eigenvalue weighted by Crippen LogP contribution is -2.26. The van der Waals surface area contributed by atoms with Gasteiger partial charge in [0.2, 0.25) is 17.6 Å². The molecule has 1 N–H and O–H groups in total. The predicted octanol–water partition coefficient (Wildman–Crippen LogP) is 4.38. The first kappa shape index (κ1) is 21.0. The van der Waals surface area contributed by atoms with Gasteiger partial charge in [0.05, 0.1) is 11.9 Å². The molecule has 3 aromatic rings. The third kappa shape index (κ3) is 4.48. The first-order valence-corrected chi connectivity index (χ1v) is 8.88. The Morgan fingerprint density at radius 2 is 1.83 bits per heavy atom. The van der Waals surface area contributed by atoms with Crippen molar-refractivity contribution < 1.29 is 27.2 Å². The number of hydrogen-bond donors (Lipinski definition) is 1. The fourth-order valence-corrected chi connectivity index (χ4v) is 2.58. The minimum atomic E-state index is -4.90. The van der Waals surface area contributed by atoms with Gasteiger partial charge in [-0.15, -0.1) is 0 Å². The van der Waals surface area contributed by atoms with E-state index in [1.165, 1.54) is 35.4 Å². The van der Waals surface area contributed by atoms with Crippen LogP contribution in [0.1, 0.15) is 29.6 Å². The van der Waals surface area contributed by atoms with Gasteiger partial charge in [0.25, 0.3) is 5.91 Å². The maximum Gasteiger partial charge on any atom is 0.452 e. The fraction of sp³-hybridized carbons (Fsp3) is 0.200. The van der Waals surface area contributed by atoms with E-state index in [4.69, 9.17) is 4.42 Å². The summed E-state index contributed by atoms with van der Waals surface area (Å²) in [5, 5.41) is 2.32. The second-order valence-corrected chi connectivity index (χ2v) is 6.23. The molecule has 2 amide bonds. The van der Waals surface area contributed by atoms with E-state index in [0.29, 0.717) is 11.4 Å². The Bertz CT molecular complexity index is 1050. The monoisotopic (exact) mass is 418 g/mol. The van der Waals surface area contributed by atoms with Gasteiger partial charge in [-0.1, -0.05) is 25.1 Å². The number of oxazole rings is 1. The van der Waals surface area contributed by atoms with Crippen LogP contribution in [0.25, 0.3) is 11.5 Å². The number of carbonyl (C=O) groups excluding carboxylic acids is 2. The van der Waals surface area contributed by atoms with E-state index in [9.17, 15) is 22.8 Å². The maximum absolute atomic E-state index is 13.4. The Labute approximate surface area is 169 Å². The molecular formula is C20H17F3N4O3. The first-order valence-electron chi connectivity index (χ1n) is 8.88. The average molecular weight is 418 g/mol. The minimum absolute atomic E-state index is 0.137. The third-order valence-electron chi connectivity index (χ3n) is 4.15. The van der Waals surface area contributed by atoms with Gasteiger partial charge in [-0.05, 0) is 24.3 Å². The van der Waals surface area contributed by atoms with Crippen molar-refractivity contribution in [3.05, 3.63) is 60.1 Å². The van der Waals surface area contributed by atoms with Crippen molar-refractivity contribution in [2.24, 2.45) is 0 Å². The molecule has 0 aliphatic rings. The van der Waals surface area contributed by atoms with Crippen molar-refractivity contribution in [1.82, 2.24) is 9.97 Å². The summed E-state index contributed by atoms with van der Waals surface area (Å²) in [6, 6.07) is 10.8. The lowest BCUT2D eigenvalue weighted by Gasteiger charge is -2.15. The zero-order valence-electron chi connectivity index (χ0n) is 16.0. The Balaban J connectivity index is 1.86. The lowest BCUT2D eigenvalue weighted by atomic mass is 10.2. The molecule has 0 unspecified atom stereocenters. The van der Waals surface area contributed by atoms with Crippen LogP contribution in [0.15, 0.2) is 53.1 Å². The molecule has 0 bridgehead atoms. The van der Waals surface area contributed by atoms with Crippen LogP contribution >= 0.6 is 0 Å². The Hall–Kier alpha value is -3.69. The van der Waals surface area contributed by atoms with Crippen molar-refractivity contribution in [3.63, 3.8) is 0 Å². The number of pyridine rings is 1. The number of nitrogens with zero attached hydrogens (tertiary/aromatic N) is 3. The van der Waals surface area contributed by atoms with E-state index in [-0.39, 0.29) is 23.9 Å². The summed E-state index contributed by atoms with van der Waals surface area (Å²) in [4.78, 5) is 33.3. The molecule has 0 saturated carbocycles. The number of alkyl halides is 3. The number of aromatic nitrogens is 2. The van der Waals surface area contributed by atoms with Crippen LogP contribution in [-0.4, -0.2) is 28.8 Å². The van der Waals surface area contributed by atoms with Gasteiger partial charge in [-0.3, -0.25) is 14.5 Å². The van der Waals surface area contributed by atoms with Gasteiger partial charge in [-0.25, -0.2) is 9.97 Å². The zero-order valence-corrected chi connectivity index (χ0v) is 16.0. The molecule has 0 atom stereocenters. The fourth-order valence-electron chi connectivity index (χ4n) is 2.58. The predicted molar refractivity (Wildman–Crippen MR) is 103 cm³/mol. The number of benzene rings is 1. The van der Waals surface area contributed by atoms with Gasteiger partial charge in [0, 0.05) is 19.0 Å². The Morgan fingerprint density at radius 1 is 1.13 bits per heavy atom. The standard InChI is InChI=1S/C20H17F3N4O3/c1-3-15(28)27(2)14-10-9-13(11-24-14)25-18(29)16-17(20(21,22)23)30-19(26-16)12-7-5-4-6-8-12/h4-11H,3H2,1-2H3,(H,25,29). The highest BCUT2D eigenvalue weighted by molar-refractivity contribution is 6.04. The summed E-state index contributed by atoms with van der Waals surface area (Å²) in [7, 11) is 1.54. The van der Waals surface area contributed by atoms with Crippen LogP contribution in [0, 0.1) is 0 Å². The van der Waals surface area contributed by atoms with Crippen molar-refractivity contribution in [2.75, 3.05) is 17.3 Å². The van der Waals surface area contributed by atoms with Crippen molar-refractivity contribution in [3.8, 4) is 11.5 Å². The van der Waals surface area contributed by atoms with Gasteiger partial charge < -0.3 is 9.73 Å². The average Bonchev–Trinajstić information content (AvgIpc) is 3.20. The van der Waals surface area contributed by atoms with Gasteiger partial charge in [0.15, 0.2) is 5.69 Å². The van der Waals surface area contributed by atoms with E-state index in [2.05, 4.69) is 15.3 Å². The molecule has 7 nitrogen and oxygen atoms in total. The summed E-state index contributed by atoms with van der Waals surface area (Å²) in [5.41, 5.74) is -0.445. The van der Waals surface area contributed by atoms with E-state index in [0.717, 1.165) is 0 Å². The summed E-state index contributed by atoms with van der Waals surface area (Å²) in [5.74, 6) is -2.73. The molecule has 3 rings (SSSR count). The van der Waals surface area contributed by atoms with E-state index >= 15 is 0 Å². The number of amides is 2. The molecule has 0 fully saturated rings. The molecule has 0 aliphatic heterocycles. The quantitative estimate of drug-likeness (QED) is 0.664. The Morgan fingerprint density at radius 3 is 2.40 bits per heavy atom. The maximum atomic E-state index is 13.4. The highest BCUT2D eigenvalue weighted by atomic mass is 19.4. The van der Waals surface area contributed by atoms with Crippen LogP contribution < -0.4 is 10.2 Å². The number of carbonyl (C=O) groups is 2. The summed E-state index contributed by atoms with van der Waals surface area (Å²) in [6.07, 6.45) is -3.39. The van der Waals surface area contributed by atoms with Crippen LogP contribution in [0.2, 0.25) is 0 Å². The van der Waals surface area contributed by atoms with Crippen molar-refractivity contribution in [2.45, 2.75) is 19.5 Å². The van der Waals surface area contributed by atoms with E-state index < -0.39 is 23.5 Å². The smallest absolute Gasteiger partial charge is 0.431 e. The summed E-state index contributed by atoms with van der Waals surface area (Å²) in [6.45, 7) is 1.70. The molecule has 0 spiro atoms. The largest absolute Gasteiger partial charge is 0.452 e. The highest BCUT2D eigenvalue weighted by Gasteiger charge is 2.42. The molecule has 10 heteroatoms. The van der Waals surface area contributed by atoms with E-state index in [1.54, 1.807) is 32.2 Å². The molecule has 156 valence electrons. The van der Waals surface area contributed by atoms with Crippen molar-refractivity contribution >= 4 is 23.3 Å². The van der Waals surface area contributed by atoms with Gasteiger partial charge >= 0.3 is 6.18 Å². The summed E-state index contributed by atoms with van der Waals surface area (Å²) < 4.78 is 44.9. The molecule has 2 aromatic heterocycles. The van der Waals surface area contributed by atoms with Crippen LogP contribution in [0.5, 0.6) is 0 Å². The second-order valence-electron chi connectivity index (χ2n) is 6.23. The zero-order chi connectivity index (χ0) is 21.9. The number of nitrogens with one attached hydrogen (secondary N) is 1. The van der Waals surface area contributed by atoms with Crippen molar-refractivity contribution in [1.29, 1.82) is 0 Å². The Kier molecular flexibility index (Phi) is 5.86. The molecule has 1 aromatic carbocycles. The SMILES string of the molecule is CCC(=O)N(C)c1ccc(NC(=O)c2nc(-c3ccccc3)oc2C(F)(F)F)cn1. The summed E-state index contributed by atoms with van der Waals surface area (Å²) >= 11 is 0. The molecule has 30 heavy (non-hydrogen) atoms.